The van der Waals surface area contributed by atoms with Crippen LogP contribution < -0.4 is 10.3 Å². The molecule has 1 saturated carbocycles. The number of rotatable bonds is 7. The van der Waals surface area contributed by atoms with Crippen LogP contribution in [0.25, 0.3) is 17.2 Å². The maximum atomic E-state index is 13.0. The summed E-state index contributed by atoms with van der Waals surface area (Å²) in [6.07, 6.45) is 2.29. The van der Waals surface area contributed by atoms with Gasteiger partial charge in [0.05, 0.1) is 10.7 Å². The topological polar surface area (TPSA) is 92.6 Å². The van der Waals surface area contributed by atoms with Crippen molar-refractivity contribution in [2.24, 2.45) is 5.92 Å². The quantitative estimate of drug-likeness (QED) is 0.423. The molecule has 0 unspecified atom stereocenters. The number of carbonyl (C=O) groups is 1. The number of hydrogen-bond acceptors (Lipinski definition) is 5. The zero-order chi connectivity index (χ0) is 22.9. The smallest absolute Gasteiger partial charge is 0.274 e. The molecule has 0 atom stereocenters. The first-order valence-electron chi connectivity index (χ1n) is 10.7. The average molecular weight is 480 g/mol. The highest BCUT2D eigenvalue weighted by atomic mass is 35.5. The molecule has 8 nitrogen and oxygen atoms in total. The van der Waals surface area contributed by atoms with Gasteiger partial charge < -0.3 is 9.64 Å². The first-order chi connectivity index (χ1) is 16.0. The molecule has 9 heteroatoms. The Morgan fingerprint density at radius 1 is 1.18 bits per heavy atom. The van der Waals surface area contributed by atoms with Crippen LogP contribution in [-0.4, -0.2) is 44.0 Å². The van der Waals surface area contributed by atoms with Crippen LogP contribution in [0.3, 0.4) is 0 Å². The Morgan fingerprint density at radius 3 is 2.68 bits per heavy atom. The van der Waals surface area contributed by atoms with Crippen LogP contribution in [0, 0.1) is 5.92 Å². The van der Waals surface area contributed by atoms with Crippen LogP contribution >= 0.6 is 11.6 Å². The number of aromatic amines is 1. The molecular formula is C25H26ClN5O3. The van der Waals surface area contributed by atoms with Gasteiger partial charge in [0.2, 0.25) is 0 Å². The summed E-state index contributed by atoms with van der Waals surface area (Å²) in [7, 11) is 1.77. The van der Waals surface area contributed by atoms with Gasteiger partial charge in [-0.1, -0.05) is 55.4 Å². The van der Waals surface area contributed by atoms with Crippen molar-refractivity contribution in [1.29, 1.82) is 0 Å². The molecule has 1 aliphatic carbocycles. The molecule has 0 radical (unpaired) electrons. The van der Waals surface area contributed by atoms with Crippen molar-refractivity contribution in [1.82, 2.24) is 24.5 Å². The summed E-state index contributed by atoms with van der Waals surface area (Å²) >= 11 is 6.36. The Bertz CT molecular complexity index is 1380. The summed E-state index contributed by atoms with van der Waals surface area (Å²) in [5, 5.41) is 3.29. The fourth-order valence-electron chi connectivity index (χ4n) is 3.67. The molecule has 1 amide bonds. The second kappa shape index (κ2) is 9.69. The number of carbonyl (C=O) groups excluding carboxylic acids is 1. The molecule has 2 aromatic heterocycles. The van der Waals surface area contributed by atoms with Crippen molar-refractivity contribution in [3.8, 4) is 17.1 Å². The van der Waals surface area contributed by atoms with Crippen LogP contribution in [0.2, 0.25) is 5.02 Å². The van der Waals surface area contributed by atoms with E-state index in [-0.39, 0.29) is 31.3 Å². The molecule has 34 heavy (non-hydrogen) atoms. The number of benzene rings is 2. The third kappa shape index (κ3) is 4.82. The van der Waals surface area contributed by atoms with Gasteiger partial charge in [0.1, 0.15) is 17.9 Å². The third-order valence-corrected chi connectivity index (χ3v) is 5.89. The minimum Gasteiger partial charge on any atom is -0.486 e. The van der Waals surface area contributed by atoms with Crippen LogP contribution in [0.4, 0.5) is 0 Å². The van der Waals surface area contributed by atoms with Gasteiger partial charge in [-0.2, -0.15) is 9.50 Å². The normalized spacial score (nSPS) is 12.9. The minimum absolute atomic E-state index is 0. The van der Waals surface area contributed by atoms with Crippen LogP contribution in [0.5, 0.6) is 5.75 Å². The summed E-state index contributed by atoms with van der Waals surface area (Å²) in [4.78, 5) is 36.2. The second-order valence-electron chi connectivity index (χ2n) is 8.19. The fourth-order valence-corrected chi connectivity index (χ4v) is 3.92. The Hall–Kier alpha value is -3.65. The molecule has 0 spiro atoms. The first kappa shape index (κ1) is 23.5. The van der Waals surface area contributed by atoms with Gasteiger partial charge in [-0.15, -0.1) is 0 Å². The number of nitrogens with one attached hydrogen (secondary N) is 1. The van der Waals surface area contributed by atoms with E-state index in [0.717, 1.165) is 18.4 Å². The molecule has 0 saturated heterocycles. The zero-order valence-electron chi connectivity index (χ0n) is 18.0. The summed E-state index contributed by atoms with van der Waals surface area (Å²) in [5.41, 5.74) is 1.25. The monoisotopic (exact) mass is 479 g/mol. The SMILES string of the molecule is C.CN(CC1CC1)C(=O)c1c(Cl)cccc1OCc1cc(=O)n2[nH]c(-c3ccccc3)nc2n1. The lowest BCUT2D eigenvalue weighted by Gasteiger charge is -2.19. The Labute approximate surface area is 202 Å². The standard InChI is InChI=1S/C24H22ClN5O3.CH4/c1-29(13-15-10-11-15)23(32)21-18(25)8-5-9-19(21)33-14-17-12-20(31)30-24(26-17)27-22(28-30)16-6-3-2-4-7-16;/h2-9,12,15H,10-11,13-14H2,1H3,(H,26,27,28);1H4. The number of halogens is 1. The molecule has 4 aromatic rings. The predicted octanol–water partition coefficient (Wildman–Crippen LogP) is 4.44. The van der Waals surface area contributed by atoms with Gasteiger partial charge in [-0.25, -0.2) is 4.98 Å². The Kier molecular flexibility index (Phi) is 6.70. The number of fused-ring (bicyclic) bond motifs is 1. The molecule has 176 valence electrons. The lowest BCUT2D eigenvalue weighted by atomic mass is 10.1. The zero-order valence-corrected chi connectivity index (χ0v) is 18.7. The Balaban J connectivity index is 0.00000274. The maximum absolute atomic E-state index is 13.0. The molecule has 2 heterocycles. The van der Waals surface area contributed by atoms with Crippen molar-refractivity contribution in [2.45, 2.75) is 26.9 Å². The third-order valence-electron chi connectivity index (χ3n) is 5.57. The highest BCUT2D eigenvalue weighted by Gasteiger charge is 2.27. The van der Waals surface area contributed by atoms with E-state index in [2.05, 4.69) is 15.1 Å². The average Bonchev–Trinajstić information content (AvgIpc) is 3.52. The molecule has 2 aromatic carbocycles. The van der Waals surface area contributed by atoms with Crippen LogP contribution in [-0.2, 0) is 6.61 Å². The van der Waals surface area contributed by atoms with E-state index in [4.69, 9.17) is 16.3 Å². The van der Waals surface area contributed by atoms with Crippen molar-refractivity contribution in [2.75, 3.05) is 13.6 Å². The van der Waals surface area contributed by atoms with Gasteiger partial charge in [0, 0.05) is 25.2 Å². The molecule has 5 rings (SSSR count). The number of nitrogens with zero attached hydrogens (tertiary/aromatic N) is 4. The summed E-state index contributed by atoms with van der Waals surface area (Å²) in [6.45, 7) is 0.688. The number of ether oxygens (including phenoxy) is 1. The second-order valence-corrected chi connectivity index (χ2v) is 8.60. The van der Waals surface area contributed by atoms with Gasteiger partial charge >= 0.3 is 0 Å². The van der Waals surface area contributed by atoms with Gasteiger partial charge in [0.15, 0.2) is 5.82 Å². The molecule has 1 N–H and O–H groups in total. The highest BCUT2D eigenvalue weighted by Crippen LogP contribution is 2.32. The van der Waals surface area contributed by atoms with Crippen molar-refractivity contribution < 1.29 is 9.53 Å². The first-order valence-corrected chi connectivity index (χ1v) is 11.1. The predicted molar refractivity (Wildman–Crippen MR) is 131 cm³/mol. The number of aromatic nitrogens is 4. The fraction of sp³-hybridized carbons (Fsp3) is 0.280. The van der Waals surface area contributed by atoms with E-state index in [0.29, 0.717) is 40.3 Å². The van der Waals surface area contributed by atoms with Gasteiger partial charge in [-0.3, -0.25) is 14.7 Å². The maximum Gasteiger partial charge on any atom is 0.274 e. The molecular weight excluding hydrogens is 454 g/mol. The minimum atomic E-state index is -0.306. The van der Waals surface area contributed by atoms with Crippen molar-refractivity contribution in [3.63, 3.8) is 0 Å². The van der Waals surface area contributed by atoms with Crippen LogP contribution in [0.15, 0.2) is 59.4 Å². The Morgan fingerprint density at radius 2 is 1.94 bits per heavy atom. The highest BCUT2D eigenvalue weighted by molar-refractivity contribution is 6.34. The molecule has 1 aliphatic rings. The lowest BCUT2D eigenvalue weighted by Crippen LogP contribution is -2.29. The van der Waals surface area contributed by atoms with Crippen LogP contribution in [0.1, 0.15) is 36.3 Å². The lowest BCUT2D eigenvalue weighted by molar-refractivity contribution is 0.0784. The van der Waals surface area contributed by atoms with E-state index < -0.39 is 0 Å². The number of H-pyrrole nitrogens is 1. The number of amides is 1. The van der Waals surface area contributed by atoms with Crippen molar-refractivity contribution >= 4 is 23.3 Å². The molecule has 1 fully saturated rings. The summed E-state index contributed by atoms with van der Waals surface area (Å²) in [6, 6.07) is 15.9. The van der Waals surface area contributed by atoms with E-state index >= 15 is 0 Å². The summed E-state index contributed by atoms with van der Waals surface area (Å²) < 4.78 is 7.20. The van der Waals surface area contributed by atoms with E-state index in [9.17, 15) is 9.59 Å². The van der Waals surface area contributed by atoms with Gasteiger partial charge in [0.25, 0.3) is 17.2 Å². The van der Waals surface area contributed by atoms with Crippen molar-refractivity contribution in [3.05, 3.63) is 81.2 Å². The molecule has 0 bridgehead atoms. The van der Waals surface area contributed by atoms with Gasteiger partial charge in [-0.05, 0) is 30.9 Å². The van der Waals surface area contributed by atoms with E-state index in [1.54, 1.807) is 30.1 Å². The summed E-state index contributed by atoms with van der Waals surface area (Å²) in [5.74, 6) is 1.51. The van der Waals surface area contributed by atoms with E-state index in [1.165, 1.54) is 10.6 Å². The largest absolute Gasteiger partial charge is 0.486 e. The van der Waals surface area contributed by atoms with E-state index in [1.807, 2.05) is 30.3 Å². The molecule has 0 aliphatic heterocycles. The number of hydrogen-bond donors (Lipinski definition) is 1.